The molecule has 214 valence electrons. The molecule has 3 N–H and O–H groups in total. The van der Waals surface area contributed by atoms with Crippen LogP contribution in [0.3, 0.4) is 0 Å². The number of hydrogen-bond acceptors (Lipinski definition) is 11. The summed E-state index contributed by atoms with van der Waals surface area (Å²) in [5, 5.41) is 26.2. The van der Waals surface area contributed by atoms with E-state index in [1.54, 1.807) is 18.5 Å². The van der Waals surface area contributed by atoms with Crippen molar-refractivity contribution in [3.8, 4) is 0 Å². The Labute approximate surface area is 242 Å². The van der Waals surface area contributed by atoms with Crippen molar-refractivity contribution in [1.29, 1.82) is 16.2 Å². The molecule has 4 aromatic rings. The number of anilines is 2. The molecule has 2 aliphatic rings. The second-order valence-electron chi connectivity index (χ2n) is 10.7. The molecule has 0 amide bonds. The highest BCUT2D eigenvalue weighted by Gasteiger charge is 2.25. The summed E-state index contributed by atoms with van der Waals surface area (Å²) in [4.78, 5) is 27.3. The minimum atomic E-state index is -0.0270. The molecule has 0 aliphatic carbocycles. The van der Waals surface area contributed by atoms with Gasteiger partial charge in [0.15, 0.2) is 33.9 Å². The third-order valence-electron chi connectivity index (χ3n) is 7.99. The molecule has 2 fully saturated rings. The van der Waals surface area contributed by atoms with E-state index >= 15 is 0 Å². The van der Waals surface area contributed by atoms with Crippen molar-refractivity contribution in [3.05, 3.63) is 46.6 Å². The van der Waals surface area contributed by atoms with Gasteiger partial charge in [0.1, 0.15) is 0 Å². The predicted octanol–water partition coefficient (Wildman–Crippen LogP) is 1.38. The van der Waals surface area contributed by atoms with Crippen LogP contribution in [-0.2, 0) is 0 Å². The second-order valence-corrected chi connectivity index (χ2v) is 11.1. The number of halogens is 1. The Morgan fingerprint density at radius 1 is 0.902 bits per heavy atom. The summed E-state index contributed by atoms with van der Waals surface area (Å²) in [6.45, 7) is 9.29. The van der Waals surface area contributed by atoms with Gasteiger partial charge in [-0.3, -0.25) is 25.7 Å². The monoisotopic (exact) mass is 575 g/mol. The lowest BCUT2D eigenvalue weighted by atomic mass is 10.2. The van der Waals surface area contributed by atoms with E-state index in [4.69, 9.17) is 27.4 Å². The second kappa shape index (κ2) is 11.1. The molecule has 0 radical (unpaired) electrons. The van der Waals surface area contributed by atoms with Crippen LogP contribution in [-0.4, -0.2) is 111 Å². The first kappa shape index (κ1) is 27.2. The predicted molar refractivity (Wildman–Crippen MR) is 159 cm³/mol. The normalized spacial score (nSPS) is 17.8. The molecule has 0 aromatic carbocycles. The Morgan fingerprint density at radius 3 is 2.22 bits per heavy atom. The van der Waals surface area contributed by atoms with Gasteiger partial charge in [0.2, 0.25) is 0 Å². The molecule has 6 heterocycles. The van der Waals surface area contributed by atoms with Gasteiger partial charge in [0.25, 0.3) is 0 Å². The fourth-order valence-corrected chi connectivity index (χ4v) is 5.91. The summed E-state index contributed by atoms with van der Waals surface area (Å²) in [6, 6.07) is 5.43. The number of fused-ring (bicyclic) bond motifs is 2. The van der Waals surface area contributed by atoms with Gasteiger partial charge in [-0.05, 0) is 32.2 Å². The highest BCUT2D eigenvalue weighted by molar-refractivity contribution is 6.31. The van der Waals surface area contributed by atoms with Gasteiger partial charge >= 0.3 is 0 Å². The molecule has 13 nitrogen and oxygen atoms in total. The van der Waals surface area contributed by atoms with Crippen LogP contribution in [0.15, 0.2) is 30.6 Å². The summed E-state index contributed by atoms with van der Waals surface area (Å²) in [7, 11) is 2.11. The number of rotatable bonds is 6. The number of nitrogens with one attached hydrogen (secondary N) is 3. The van der Waals surface area contributed by atoms with E-state index in [1.165, 1.54) is 4.57 Å². The third-order valence-corrected chi connectivity index (χ3v) is 8.20. The van der Waals surface area contributed by atoms with Crippen LogP contribution in [0, 0.1) is 16.2 Å². The molecule has 2 saturated heterocycles. The van der Waals surface area contributed by atoms with Crippen LogP contribution in [0.25, 0.3) is 22.3 Å². The first-order valence-electron chi connectivity index (χ1n) is 13.8. The van der Waals surface area contributed by atoms with Gasteiger partial charge in [-0.1, -0.05) is 11.6 Å². The molecule has 0 spiro atoms. The molecule has 0 bridgehead atoms. The van der Waals surface area contributed by atoms with Crippen LogP contribution in [0.1, 0.15) is 13.0 Å². The molecule has 14 heteroatoms. The molecule has 6 rings (SSSR count). The van der Waals surface area contributed by atoms with E-state index < -0.39 is 0 Å². The smallest absolute Gasteiger partial charge is 0.178 e. The topological polar surface area (TPSA) is 146 Å². The van der Waals surface area contributed by atoms with Gasteiger partial charge in [0.05, 0.1) is 22.4 Å². The van der Waals surface area contributed by atoms with Crippen molar-refractivity contribution in [3.63, 3.8) is 0 Å². The minimum Gasteiger partial charge on any atom is -0.351 e. The lowest BCUT2D eigenvalue weighted by Crippen LogP contribution is -2.50. The maximum absolute atomic E-state index is 9.20. The van der Waals surface area contributed by atoms with Crippen molar-refractivity contribution < 1.29 is 0 Å². The van der Waals surface area contributed by atoms with Crippen LogP contribution >= 0.6 is 11.6 Å². The van der Waals surface area contributed by atoms with E-state index in [1.807, 2.05) is 16.7 Å². The van der Waals surface area contributed by atoms with E-state index in [-0.39, 0.29) is 11.5 Å². The van der Waals surface area contributed by atoms with Crippen LogP contribution in [0.4, 0.5) is 11.6 Å². The Morgan fingerprint density at radius 2 is 1.54 bits per heavy atom. The molecule has 4 aromatic heterocycles. The largest absolute Gasteiger partial charge is 0.351 e. The Bertz CT molecular complexity index is 1710. The lowest BCUT2D eigenvalue weighted by molar-refractivity contribution is 0.224. The Kier molecular flexibility index (Phi) is 7.41. The minimum absolute atomic E-state index is 0.0270. The number of hydrogen-bond donors (Lipinski definition) is 3. The Balaban J connectivity index is 1.24. The number of piperazine rings is 2. The zero-order chi connectivity index (χ0) is 28.7. The molecular weight excluding hydrogens is 542 g/mol. The number of aromatic nitrogens is 6. The quantitative estimate of drug-likeness (QED) is 0.231. The van der Waals surface area contributed by atoms with E-state index in [2.05, 4.69) is 48.5 Å². The SMILES string of the molecule is CC(CN1CCN(c2nc3ncccc3n(C=N)c2=N)CC1)n1c(=N)c(N2CCN(C)CC2)nc2ncc(Cl)cc21. The zero-order valence-electron chi connectivity index (χ0n) is 23.3. The standard InChI is InChI=1S/C27H34ClN13/c1-18(41-21-14-19(28)15-33-25(21)35-27(23(41)31)38-10-6-36(2)7-11-38)16-37-8-12-39(13-9-37)26-22(30)40(17-29)20-4-3-5-32-24(20)34-26/h3-5,14-15,17-18,29-31H,6-13,16H2,1-2H3. The molecule has 0 saturated carbocycles. The van der Waals surface area contributed by atoms with Gasteiger partial charge in [-0.25, -0.2) is 19.9 Å². The van der Waals surface area contributed by atoms with Crippen molar-refractivity contribution in [2.45, 2.75) is 13.0 Å². The summed E-state index contributed by atoms with van der Waals surface area (Å²) in [5.74, 6) is 1.20. The van der Waals surface area contributed by atoms with Crippen molar-refractivity contribution in [2.75, 3.05) is 75.8 Å². The summed E-state index contributed by atoms with van der Waals surface area (Å²) >= 11 is 6.35. The van der Waals surface area contributed by atoms with Gasteiger partial charge < -0.3 is 19.3 Å². The highest BCUT2D eigenvalue weighted by Crippen LogP contribution is 2.22. The number of likely N-dealkylation sites (N-methyl/N-ethyl adjacent to an activating group) is 1. The third kappa shape index (κ3) is 5.16. The maximum atomic E-state index is 9.20. The van der Waals surface area contributed by atoms with E-state index in [0.29, 0.717) is 52.0 Å². The van der Waals surface area contributed by atoms with E-state index in [9.17, 15) is 5.41 Å². The van der Waals surface area contributed by atoms with Crippen molar-refractivity contribution in [1.82, 2.24) is 38.9 Å². The van der Waals surface area contributed by atoms with Gasteiger partial charge in [0, 0.05) is 77.3 Å². The van der Waals surface area contributed by atoms with Crippen LogP contribution < -0.4 is 20.8 Å². The molecule has 1 unspecified atom stereocenters. The van der Waals surface area contributed by atoms with Crippen LogP contribution in [0.5, 0.6) is 0 Å². The summed E-state index contributed by atoms with van der Waals surface area (Å²) in [5.41, 5.74) is 3.07. The Hall–Kier alpha value is -3.94. The average Bonchev–Trinajstić information content (AvgIpc) is 2.97. The lowest BCUT2D eigenvalue weighted by Gasteiger charge is -2.37. The summed E-state index contributed by atoms with van der Waals surface area (Å²) < 4.78 is 3.53. The first-order chi connectivity index (χ1) is 19.8. The van der Waals surface area contributed by atoms with Crippen LogP contribution in [0.2, 0.25) is 5.02 Å². The maximum Gasteiger partial charge on any atom is 0.178 e. The molecule has 41 heavy (non-hydrogen) atoms. The van der Waals surface area contributed by atoms with E-state index in [0.717, 1.165) is 57.7 Å². The van der Waals surface area contributed by atoms with Gasteiger partial charge in [-0.2, -0.15) is 0 Å². The number of pyridine rings is 2. The molecule has 1 atom stereocenters. The zero-order valence-corrected chi connectivity index (χ0v) is 24.0. The highest BCUT2D eigenvalue weighted by atomic mass is 35.5. The first-order valence-corrected chi connectivity index (χ1v) is 14.2. The summed E-state index contributed by atoms with van der Waals surface area (Å²) in [6.07, 6.45) is 4.43. The molecular formula is C27H34ClN13. The number of nitrogens with zero attached hydrogens (tertiary/aromatic N) is 10. The molecule has 2 aliphatic heterocycles. The van der Waals surface area contributed by atoms with Gasteiger partial charge in [-0.15, -0.1) is 0 Å². The van der Waals surface area contributed by atoms with Crippen molar-refractivity contribution in [2.24, 2.45) is 0 Å². The van der Waals surface area contributed by atoms with Crippen molar-refractivity contribution >= 4 is 51.9 Å². The fraction of sp³-hybridized carbons (Fsp3) is 0.444. The average molecular weight is 576 g/mol. The fourth-order valence-electron chi connectivity index (χ4n) is 5.76.